The quantitative estimate of drug-likeness (QED) is 0.563. The van der Waals surface area contributed by atoms with Crippen LogP contribution in [0.3, 0.4) is 0 Å². The molecule has 0 bridgehead atoms. The molecule has 1 rings (SSSR count). The molecule has 0 aliphatic carbocycles. The highest BCUT2D eigenvalue weighted by atomic mass is 127. The number of nitrogens with one attached hydrogen (secondary N) is 1. The predicted molar refractivity (Wildman–Crippen MR) is 79.2 cm³/mol. The topological polar surface area (TPSA) is 75.3 Å². The van der Waals surface area contributed by atoms with Gasteiger partial charge in [0.05, 0.1) is 16.6 Å². The van der Waals surface area contributed by atoms with Gasteiger partial charge in [0.2, 0.25) is 0 Å². The standard InChI is InChI=1S/C11H13IN2O2S/c1-2-8(10(13)17)14-11(16)7-5-6(12)3-4-9(7)15/h3-5,8,15H,2H2,1H3,(H2,13,17)(H,14,16). The molecule has 6 heteroatoms. The lowest BCUT2D eigenvalue weighted by Gasteiger charge is -2.15. The van der Waals surface area contributed by atoms with Gasteiger partial charge in [-0.05, 0) is 47.2 Å². The highest BCUT2D eigenvalue weighted by Crippen LogP contribution is 2.19. The highest BCUT2D eigenvalue weighted by molar-refractivity contribution is 14.1. The summed E-state index contributed by atoms with van der Waals surface area (Å²) in [5, 5.41) is 12.3. The van der Waals surface area contributed by atoms with Crippen LogP contribution in [0.5, 0.6) is 5.75 Å². The zero-order chi connectivity index (χ0) is 13.0. The minimum absolute atomic E-state index is 0.0549. The Morgan fingerprint density at radius 2 is 2.29 bits per heavy atom. The lowest BCUT2D eigenvalue weighted by Crippen LogP contribution is -2.43. The maximum Gasteiger partial charge on any atom is 0.255 e. The summed E-state index contributed by atoms with van der Waals surface area (Å²) in [5.41, 5.74) is 5.72. The van der Waals surface area contributed by atoms with Crippen LogP contribution >= 0.6 is 34.8 Å². The second-order valence-corrected chi connectivity index (χ2v) is 5.22. The van der Waals surface area contributed by atoms with E-state index in [0.29, 0.717) is 6.42 Å². The van der Waals surface area contributed by atoms with Crippen molar-refractivity contribution in [2.24, 2.45) is 5.73 Å². The molecule has 0 heterocycles. The van der Waals surface area contributed by atoms with E-state index in [9.17, 15) is 9.90 Å². The van der Waals surface area contributed by atoms with Crippen molar-refractivity contribution in [2.45, 2.75) is 19.4 Å². The van der Waals surface area contributed by atoms with Crippen LogP contribution in [0, 0.1) is 3.57 Å². The molecule has 0 saturated carbocycles. The molecular formula is C11H13IN2O2S. The molecule has 0 aliphatic heterocycles. The maximum atomic E-state index is 11.9. The molecule has 0 spiro atoms. The average Bonchev–Trinajstić information content (AvgIpc) is 2.28. The number of phenols is 1. The van der Waals surface area contributed by atoms with Gasteiger partial charge < -0.3 is 16.2 Å². The molecule has 92 valence electrons. The SMILES string of the molecule is CCC(NC(=O)c1cc(I)ccc1O)C(N)=S. The van der Waals surface area contributed by atoms with Crippen LogP contribution in [0.4, 0.5) is 0 Å². The lowest BCUT2D eigenvalue weighted by molar-refractivity contribution is 0.0943. The predicted octanol–water partition coefficient (Wildman–Crippen LogP) is 1.79. The Labute approximate surface area is 119 Å². The molecule has 0 aromatic heterocycles. The molecule has 17 heavy (non-hydrogen) atoms. The normalized spacial score (nSPS) is 11.9. The van der Waals surface area contributed by atoms with Gasteiger partial charge in [-0.1, -0.05) is 19.1 Å². The summed E-state index contributed by atoms with van der Waals surface area (Å²) in [5.74, 6) is -0.429. The Morgan fingerprint density at radius 3 is 2.82 bits per heavy atom. The smallest absolute Gasteiger partial charge is 0.255 e. The van der Waals surface area contributed by atoms with E-state index in [2.05, 4.69) is 27.9 Å². The van der Waals surface area contributed by atoms with Crippen molar-refractivity contribution < 1.29 is 9.90 Å². The number of thiocarbonyl (C=S) groups is 1. The molecule has 4 nitrogen and oxygen atoms in total. The molecular weight excluding hydrogens is 351 g/mol. The van der Waals surface area contributed by atoms with E-state index in [-0.39, 0.29) is 28.3 Å². The van der Waals surface area contributed by atoms with Crippen LogP contribution < -0.4 is 11.1 Å². The van der Waals surface area contributed by atoms with E-state index < -0.39 is 0 Å². The number of halogens is 1. The van der Waals surface area contributed by atoms with E-state index in [1.165, 1.54) is 6.07 Å². The highest BCUT2D eigenvalue weighted by Gasteiger charge is 2.17. The molecule has 1 aromatic rings. The van der Waals surface area contributed by atoms with Gasteiger partial charge in [-0.15, -0.1) is 0 Å². The summed E-state index contributed by atoms with van der Waals surface area (Å²) in [6.07, 6.45) is 0.617. The van der Waals surface area contributed by atoms with E-state index in [0.717, 1.165) is 3.57 Å². The number of hydrogen-bond acceptors (Lipinski definition) is 3. The first-order valence-electron chi connectivity index (χ1n) is 5.04. The van der Waals surface area contributed by atoms with Crippen LogP contribution in [-0.2, 0) is 0 Å². The summed E-state index contributed by atoms with van der Waals surface area (Å²) in [4.78, 5) is 12.1. The van der Waals surface area contributed by atoms with Crippen molar-refractivity contribution in [2.75, 3.05) is 0 Å². The van der Waals surface area contributed by atoms with E-state index in [1.807, 2.05) is 6.92 Å². The zero-order valence-electron chi connectivity index (χ0n) is 9.24. The molecule has 0 radical (unpaired) electrons. The lowest BCUT2D eigenvalue weighted by atomic mass is 10.1. The maximum absolute atomic E-state index is 11.9. The summed E-state index contributed by atoms with van der Waals surface area (Å²) in [6, 6.07) is 4.46. The summed E-state index contributed by atoms with van der Waals surface area (Å²) in [7, 11) is 0. The summed E-state index contributed by atoms with van der Waals surface area (Å²) >= 11 is 6.91. The number of rotatable bonds is 4. The molecule has 0 saturated heterocycles. The Balaban J connectivity index is 2.89. The van der Waals surface area contributed by atoms with Gasteiger partial charge in [-0.25, -0.2) is 0 Å². The van der Waals surface area contributed by atoms with Crippen LogP contribution in [0.2, 0.25) is 0 Å². The third-order valence-electron chi connectivity index (χ3n) is 2.26. The first-order chi connectivity index (χ1) is 7.95. The second-order valence-electron chi connectivity index (χ2n) is 3.50. The fourth-order valence-corrected chi connectivity index (χ4v) is 2.02. The molecule has 1 amide bonds. The minimum atomic E-state index is -0.374. The van der Waals surface area contributed by atoms with Gasteiger partial charge >= 0.3 is 0 Å². The zero-order valence-corrected chi connectivity index (χ0v) is 12.2. The number of hydrogen-bond donors (Lipinski definition) is 3. The summed E-state index contributed by atoms with van der Waals surface area (Å²) in [6.45, 7) is 1.87. The number of phenolic OH excluding ortho intramolecular Hbond substituents is 1. The summed E-state index contributed by atoms with van der Waals surface area (Å²) < 4.78 is 0.869. The number of nitrogens with two attached hydrogens (primary N) is 1. The molecule has 1 unspecified atom stereocenters. The monoisotopic (exact) mass is 364 g/mol. The number of aromatic hydroxyl groups is 1. The van der Waals surface area contributed by atoms with Crippen molar-refractivity contribution >= 4 is 45.7 Å². The Morgan fingerprint density at radius 1 is 1.65 bits per heavy atom. The first kappa shape index (κ1) is 14.2. The van der Waals surface area contributed by atoms with Gasteiger partial charge in [-0.2, -0.15) is 0 Å². The number of carbonyl (C=O) groups excluding carboxylic acids is 1. The van der Waals surface area contributed by atoms with Gasteiger partial charge in [0.15, 0.2) is 0 Å². The largest absolute Gasteiger partial charge is 0.507 e. The fraction of sp³-hybridized carbons (Fsp3) is 0.273. The second kappa shape index (κ2) is 6.15. The number of amides is 1. The van der Waals surface area contributed by atoms with Crippen molar-refractivity contribution in [1.29, 1.82) is 0 Å². The third kappa shape index (κ3) is 3.81. The van der Waals surface area contributed by atoms with Crippen LogP contribution in [0.15, 0.2) is 18.2 Å². The van der Waals surface area contributed by atoms with Crippen molar-refractivity contribution in [3.05, 3.63) is 27.3 Å². The number of benzene rings is 1. The van der Waals surface area contributed by atoms with E-state index in [1.54, 1.807) is 12.1 Å². The van der Waals surface area contributed by atoms with Crippen LogP contribution in [0.1, 0.15) is 23.7 Å². The van der Waals surface area contributed by atoms with Crippen molar-refractivity contribution in [1.82, 2.24) is 5.32 Å². The van der Waals surface area contributed by atoms with Gasteiger partial charge in [0.1, 0.15) is 5.75 Å². The Bertz CT molecular complexity index is 451. The average molecular weight is 364 g/mol. The fourth-order valence-electron chi connectivity index (χ4n) is 1.30. The van der Waals surface area contributed by atoms with Gasteiger partial charge in [-0.3, -0.25) is 4.79 Å². The molecule has 1 aromatic carbocycles. The first-order valence-corrected chi connectivity index (χ1v) is 6.53. The van der Waals surface area contributed by atoms with Crippen molar-refractivity contribution in [3.63, 3.8) is 0 Å². The Hall–Kier alpha value is -0.890. The molecule has 0 fully saturated rings. The molecule has 4 N–H and O–H groups in total. The van der Waals surface area contributed by atoms with E-state index in [4.69, 9.17) is 18.0 Å². The van der Waals surface area contributed by atoms with Crippen LogP contribution in [0.25, 0.3) is 0 Å². The third-order valence-corrected chi connectivity index (χ3v) is 3.22. The van der Waals surface area contributed by atoms with E-state index >= 15 is 0 Å². The van der Waals surface area contributed by atoms with Crippen molar-refractivity contribution in [3.8, 4) is 5.75 Å². The van der Waals surface area contributed by atoms with Gasteiger partial charge in [0, 0.05) is 3.57 Å². The molecule has 1 atom stereocenters. The molecule has 0 aliphatic rings. The van der Waals surface area contributed by atoms with Gasteiger partial charge in [0.25, 0.3) is 5.91 Å². The Kier molecular flexibility index (Phi) is 5.13. The van der Waals surface area contributed by atoms with Crippen LogP contribution in [-0.4, -0.2) is 22.0 Å². The minimum Gasteiger partial charge on any atom is -0.507 e. The number of carbonyl (C=O) groups is 1.